The molecule has 0 spiro atoms. The normalized spacial score (nSPS) is 19.8. The SMILES string of the molecule is CC(C)(C)c1cnc(C(=O)N2CCC(c3ccc(NC(=O)C4CC4c4ccc(F)c(F)c4)cc3)CC2)cn1. The van der Waals surface area contributed by atoms with Crippen LogP contribution in [0.25, 0.3) is 0 Å². The summed E-state index contributed by atoms with van der Waals surface area (Å²) in [6.45, 7) is 7.48. The van der Waals surface area contributed by atoms with Gasteiger partial charge in [0.05, 0.1) is 11.9 Å². The molecule has 1 aromatic heterocycles. The van der Waals surface area contributed by atoms with Gasteiger partial charge in [-0.05, 0) is 66.5 Å². The van der Waals surface area contributed by atoms with Crippen LogP contribution < -0.4 is 5.32 Å². The van der Waals surface area contributed by atoms with Crippen LogP contribution in [-0.4, -0.2) is 39.8 Å². The van der Waals surface area contributed by atoms with Crippen molar-refractivity contribution < 1.29 is 18.4 Å². The van der Waals surface area contributed by atoms with Crippen molar-refractivity contribution in [1.29, 1.82) is 0 Å². The lowest BCUT2D eigenvalue weighted by Crippen LogP contribution is -2.38. The van der Waals surface area contributed by atoms with E-state index in [2.05, 4.69) is 36.1 Å². The van der Waals surface area contributed by atoms with E-state index in [-0.39, 0.29) is 29.1 Å². The molecule has 5 rings (SSSR count). The predicted octanol–water partition coefficient (Wildman–Crippen LogP) is 5.81. The average Bonchev–Trinajstić information content (AvgIpc) is 3.71. The van der Waals surface area contributed by atoms with Crippen LogP contribution in [0.3, 0.4) is 0 Å². The summed E-state index contributed by atoms with van der Waals surface area (Å²) < 4.78 is 26.7. The highest BCUT2D eigenvalue weighted by Crippen LogP contribution is 2.48. The number of rotatable bonds is 5. The monoisotopic (exact) mass is 518 g/mol. The molecule has 1 aliphatic carbocycles. The molecule has 2 atom stereocenters. The van der Waals surface area contributed by atoms with Crippen LogP contribution in [0.15, 0.2) is 54.9 Å². The van der Waals surface area contributed by atoms with E-state index < -0.39 is 11.6 Å². The van der Waals surface area contributed by atoms with E-state index in [4.69, 9.17) is 0 Å². The van der Waals surface area contributed by atoms with Crippen molar-refractivity contribution in [3.05, 3.63) is 89.0 Å². The van der Waals surface area contributed by atoms with Gasteiger partial charge in [-0.3, -0.25) is 14.6 Å². The summed E-state index contributed by atoms with van der Waals surface area (Å²) in [7, 11) is 0. The summed E-state index contributed by atoms with van der Waals surface area (Å²) in [4.78, 5) is 36.2. The molecule has 2 aromatic carbocycles. The van der Waals surface area contributed by atoms with Gasteiger partial charge in [0.15, 0.2) is 11.6 Å². The van der Waals surface area contributed by atoms with Gasteiger partial charge < -0.3 is 10.2 Å². The third-order valence-electron chi connectivity index (χ3n) is 7.57. The standard InChI is InChI=1S/C30H32F2N4O2/c1-30(2,3)27-17-33-26(16-34-27)29(38)36-12-10-19(11-13-36)18-4-7-21(8-5-18)35-28(37)23-15-22(23)20-6-9-24(31)25(32)14-20/h4-9,14,16-17,19,22-23H,10-13,15H2,1-3H3,(H,35,37). The zero-order valence-corrected chi connectivity index (χ0v) is 21.9. The minimum absolute atomic E-state index is 0.0836. The summed E-state index contributed by atoms with van der Waals surface area (Å²) in [6.07, 6.45) is 5.58. The fourth-order valence-electron chi connectivity index (χ4n) is 5.07. The first-order chi connectivity index (χ1) is 18.1. The summed E-state index contributed by atoms with van der Waals surface area (Å²) in [5.41, 5.74) is 3.65. The number of benzene rings is 2. The number of hydrogen-bond donors (Lipinski definition) is 1. The fraction of sp³-hybridized carbons (Fsp3) is 0.400. The van der Waals surface area contributed by atoms with E-state index in [1.54, 1.807) is 18.5 Å². The molecule has 1 aliphatic heterocycles. The van der Waals surface area contributed by atoms with Gasteiger partial charge in [0.1, 0.15) is 5.69 Å². The van der Waals surface area contributed by atoms with E-state index in [9.17, 15) is 18.4 Å². The van der Waals surface area contributed by atoms with Gasteiger partial charge in [0.25, 0.3) is 5.91 Å². The highest BCUT2D eigenvalue weighted by molar-refractivity contribution is 5.95. The lowest BCUT2D eigenvalue weighted by atomic mass is 9.89. The van der Waals surface area contributed by atoms with Gasteiger partial charge in [0, 0.05) is 36.3 Å². The first-order valence-electron chi connectivity index (χ1n) is 13.1. The number of aromatic nitrogens is 2. The Labute approximate surface area is 221 Å². The van der Waals surface area contributed by atoms with Crippen LogP contribution >= 0.6 is 0 Å². The maximum Gasteiger partial charge on any atom is 0.274 e. The van der Waals surface area contributed by atoms with Crippen LogP contribution in [0.4, 0.5) is 14.5 Å². The molecule has 1 saturated carbocycles. The molecule has 2 aliphatic rings. The zero-order valence-electron chi connectivity index (χ0n) is 21.9. The fourth-order valence-corrected chi connectivity index (χ4v) is 5.07. The Morgan fingerprint density at radius 2 is 1.61 bits per heavy atom. The molecule has 0 radical (unpaired) electrons. The largest absolute Gasteiger partial charge is 0.337 e. The minimum atomic E-state index is -0.886. The highest BCUT2D eigenvalue weighted by atomic mass is 19.2. The van der Waals surface area contributed by atoms with Crippen LogP contribution in [0.1, 0.15) is 79.2 Å². The Morgan fingerprint density at radius 1 is 0.921 bits per heavy atom. The predicted molar refractivity (Wildman–Crippen MR) is 141 cm³/mol. The Kier molecular flexibility index (Phi) is 6.99. The van der Waals surface area contributed by atoms with Crippen molar-refractivity contribution in [3.63, 3.8) is 0 Å². The lowest BCUT2D eigenvalue weighted by molar-refractivity contribution is -0.117. The quantitative estimate of drug-likeness (QED) is 0.462. The van der Waals surface area contributed by atoms with Crippen molar-refractivity contribution in [2.24, 2.45) is 5.92 Å². The first-order valence-corrected chi connectivity index (χ1v) is 13.1. The second kappa shape index (κ2) is 10.2. The number of likely N-dealkylation sites (tertiary alicyclic amines) is 1. The van der Waals surface area contributed by atoms with Crippen molar-refractivity contribution in [2.75, 3.05) is 18.4 Å². The lowest BCUT2D eigenvalue weighted by Gasteiger charge is -2.32. The van der Waals surface area contributed by atoms with E-state index in [0.29, 0.717) is 42.4 Å². The molecule has 6 nitrogen and oxygen atoms in total. The van der Waals surface area contributed by atoms with E-state index in [1.807, 2.05) is 29.2 Å². The Balaban J connectivity index is 1.12. The molecule has 198 valence electrons. The average molecular weight is 519 g/mol. The number of carbonyl (C=O) groups is 2. The van der Waals surface area contributed by atoms with Crippen molar-refractivity contribution in [3.8, 4) is 0 Å². The number of halogens is 2. The van der Waals surface area contributed by atoms with Gasteiger partial charge >= 0.3 is 0 Å². The number of amides is 2. The molecule has 8 heteroatoms. The topological polar surface area (TPSA) is 75.2 Å². The number of nitrogens with zero attached hydrogens (tertiary/aromatic N) is 3. The first kappa shape index (κ1) is 25.9. The number of anilines is 1. The molecule has 38 heavy (non-hydrogen) atoms. The number of hydrogen-bond acceptors (Lipinski definition) is 4. The van der Waals surface area contributed by atoms with Crippen molar-refractivity contribution in [2.45, 2.75) is 57.3 Å². The summed E-state index contributed by atoms with van der Waals surface area (Å²) in [6, 6.07) is 11.7. The molecule has 3 aromatic rings. The summed E-state index contributed by atoms with van der Waals surface area (Å²) >= 11 is 0. The zero-order chi connectivity index (χ0) is 27.0. The van der Waals surface area contributed by atoms with Gasteiger partial charge in [0.2, 0.25) is 5.91 Å². The van der Waals surface area contributed by atoms with Crippen LogP contribution in [0.5, 0.6) is 0 Å². The molecule has 2 amide bonds. The molecule has 2 fully saturated rings. The van der Waals surface area contributed by atoms with Crippen LogP contribution in [0, 0.1) is 17.6 Å². The second-order valence-corrected chi connectivity index (χ2v) is 11.3. The third-order valence-corrected chi connectivity index (χ3v) is 7.57. The molecule has 2 unspecified atom stereocenters. The van der Waals surface area contributed by atoms with E-state index in [0.717, 1.165) is 24.6 Å². The minimum Gasteiger partial charge on any atom is -0.337 e. The van der Waals surface area contributed by atoms with Gasteiger partial charge in [-0.2, -0.15) is 0 Å². The molecular formula is C30H32F2N4O2. The number of piperidine rings is 1. The smallest absolute Gasteiger partial charge is 0.274 e. The molecule has 1 saturated heterocycles. The number of carbonyl (C=O) groups excluding carboxylic acids is 2. The van der Waals surface area contributed by atoms with Gasteiger partial charge in [-0.1, -0.05) is 39.0 Å². The molecule has 0 bridgehead atoms. The third kappa shape index (κ3) is 5.59. The molecular weight excluding hydrogens is 486 g/mol. The summed E-state index contributed by atoms with van der Waals surface area (Å²) in [5.74, 6) is -1.96. The maximum absolute atomic E-state index is 13.5. The van der Waals surface area contributed by atoms with Crippen LogP contribution in [-0.2, 0) is 10.2 Å². The Morgan fingerprint density at radius 3 is 2.21 bits per heavy atom. The van der Waals surface area contributed by atoms with E-state index in [1.165, 1.54) is 11.6 Å². The van der Waals surface area contributed by atoms with E-state index >= 15 is 0 Å². The van der Waals surface area contributed by atoms with Crippen LogP contribution in [0.2, 0.25) is 0 Å². The van der Waals surface area contributed by atoms with Crippen molar-refractivity contribution >= 4 is 17.5 Å². The number of nitrogens with one attached hydrogen (secondary N) is 1. The maximum atomic E-state index is 13.5. The summed E-state index contributed by atoms with van der Waals surface area (Å²) in [5, 5.41) is 2.94. The molecule has 1 N–H and O–H groups in total. The van der Waals surface area contributed by atoms with Gasteiger partial charge in [-0.15, -0.1) is 0 Å². The highest BCUT2D eigenvalue weighted by Gasteiger charge is 2.44. The second-order valence-electron chi connectivity index (χ2n) is 11.3. The Bertz CT molecular complexity index is 1330. The molecule has 2 heterocycles. The van der Waals surface area contributed by atoms with Crippen molar-refractivity contribution in [1.82, 2.24) is 14.9 Å². The van der Waals surface area contributed by atoms with Gasteiger partial charge in [-0.25, -0.2) is 13.8 Å². The Hall–Kier alpha value is -3.68.